The van der Waals surface area contributed by atoms with Crippen LogP contribution < -0.4 is 15.8 Å². The van der Waals surface area contributed by atoms with Crippen LogP contribution in [0.15, 0.2) is 12.1 Å². The number of hydrogen-bond acceptors (Lipinski definition) is 3. The second-order valence-corrected chi connectivity index (χ2v) is 4.77. The Morgan fingerprint density at radius 1 is 1.47 bits per heavy atom. The average molecular weight is 257 g/mol. The van der Waals surface area contributed by atoms with Crippen molar-refractivity contribution in [3.8, 4) is 5.75 Å². The number of ether oxygens (including phenoxy) is 1. The van der Waals surface area contributed by atoms with Crippen LogP contribution in [-0.2, 0) is 0 Å². The van der Waals surface area contributed by atoms with Crippen molar-refractivity contribution >= 4 is 17.3 Å². The number of halogens is 1. The Kier molecular flexibility index (Phi) is 5.59. The van der Waals surface area contributed by atoms with Crippen molar-refractivity contribution in [2.24, 2.45) is 11.7 Å². The van der Waals surface area contributed by atoms with Crippen molar-refractivity contribution in [2.45, 2.75) is 20.3 Å². The minimum Gasteiger partial charge on any atom is -0.495 e. The van der Waals surface area contributed by atoms with E-state index in [0.717, 1.165) is 41.5 Å². The molecule has 1 atom stereocenters. The van der Waals surface area contributed by atoms with Crippen LogP contribution in [0.2, 0.25) is 5.02 Å². The molecule has 1 aromatic rings. The fraction of sp³-hybridized carbons (Fsp3) is 0.538. The van der Waals surface area contributed by atoms with Crippen LogP contribution in [0.1, 0.15) is 18.9 Å². The Labute approximate surface area is 108 Å². The van der Waals surface area contributed by atoms with Crippen molar-refractivity contribution in [1.82, 2.24) is 0 Å². The molecule has 0 aliphatic heterocycles. The van der Waals surface area contributed by atoms with Gasteiger partial charge < -0.3 is 15.8 Å². The van der Waals surface area contributed by atoms with Crippen molar-refractivity contribution < 1.29 is 4.74 Å². The van der Waals surface area contributed by atoms with Gasteiger partial charge >= 0.3 is 0 Å². The summed E-state index contributed by atoms with van der Waals surface area (Å²) in [5.74, 6) is 1.32. The van der Waals surface area contributed by atoms with Gasteiger partial charge in [-0.3, -0.25) is 0 Å². The molecule has 3 nitrogen and oxygen atoms in total. The topological polar surface area (TPSA) is 47.3 Å². The lowest BCUT2D eigenvalue weighted by Gasteiger charge is -2.16. The van der Waals surface area contributed by atoms with Crippen LogP contribution >= 0.6 is 11.6 Å². The molecule has 0 aromatic heterocycles. The highest BCUT2D eigenvalue weighted by Crippen LogP contribution is 2.31. The number of hydrogen-bond donors (Lipinski definition) is 2. The Hall–Kier alpha value is -0.930. The van der Waals surface area contributed by atoms with Gasteiger partial charge in [0.25, 0.3) is 0 Å². The number of nitrogens with two attached hydrogens (primary N) is 1. The van der Waals surface area contributed by atoms with E-state index >= 15 is 0 Å². The van der Waals surface area contributed by atoms with Crippen LogP contribution in [-0.4, -0.2) is 20.2 Å². The van der Waals surface area contributed by atoms with Gasteiger partial charge in [-0.05, 0) is 37.4 Å². The van der Waals surface area contributed by atoms with E-state index in [1.807, 2.05) is 19.1 Å². The van der Waals surface area contributed by atoms with E-state index in [1.165, 1.54) is 0 Å². The van der Waals surface area contributed by atoms with Gasteiger partial charge in [-0.1, -0.05) is 18.5 Å². The molecule has 0 saturated heterocycles. The summed E-state index contributed by atoms with van der Waals surface area (Å²) < 4.78 is 5.30. The molecule has 0 aliphatic rings. The third-order valence-electron chi connectivity index (χ3n) is 2.78. The van der Waals surface area contributed by atoms with Crippen molar-refractivity contribution in [1.29, 1.82) is 0 Å². The van der Waals surface area contributed by atoms with Gasteiger partial charge in [0.1, 0.15) is 5.75 Å². The molecule has 0 heterocycles. The summed E-state index contributed by atoms with van der Waals surface area (Å²) in [6.45, 7) is 5.76. The smallest absolute Gasteiger partial charge is 0.143 e. The van der Waals surface area contributed by atoms with Gasteiger partial charge in [-0.2, -0.15) is 0 Å². The normalized spacial score (nSPS) is 12.3. The maximum Gasteiger partial charge on any atom is 0.143 e. The van der Waals surface area contributed by atoms with Crippen LogP contribution in [0.5, 0.6) is 5.75 Å². The lowest BCUT2D eigenvalue weighted by molar-refractivity contribution is 0.416. The van der Waals surface area contributed by atoms with Crippen LogP contribution in [0.3, 0.4) is 0 Å². The molecule has 4 heteroatoms. The van der Waals surface area contributed by atoms with E-state index in [1.54, 1.807) is 7.11 Å². The zero-order chi connectivity index (χ0) is 12.8. The summed E-state index contributed by atoms with van der Waals surface area (Å²) in [5, 5.41) is 4.10. The largest absolute Gasteiger partial charge is 0.495 e. The fourth-order valence-electron chi connectivity index (χ4n) is 1.64. The predicted octanol–water partition coefficient (Wildman–Crippen LogP) is 3.05. The second-order valence-electron chi connectivity index (χ2n) is 4.37. The summed E-state index contributed by atoms with van der Waals surface area (Å²) >= 11 is 6.05. The standard InChI is InChI=1S/C13H21ClN2O/c1-9(4-5-15)8-16-12-6-10(2)11(14)7-13(12)17-3/h6-7,9,16H,4-5,8,15H2,1-3H3. The second kappa shape index (κ2) is 6.72. The van der Waals surface area contributed by atoms with Crippen LogP contribution in [0, 0.1) is 12.8 Å². The van der Waals surface area contributed by atoms with E-state index < -0.39 is 0 Å². The molecule has 0 fully saturated rings. The first kappa shape index (κ1) is 14.1. The van der Waals surface area contributed by atoms with E-state index in [9.17, 15) is 0 Å². The van der Waals surface area contributed by atoms with Gasteiger partial charge in [0.2, 0.25) is 0 Å². The number of methoxy groups -OCH3 is 1. The summed E-state index contributed by atoms with van der Waals surface area (Å²) in [6, 6.07) is 3.85. The Morgan fingerprint density at radius 3 is 2.76 bits per heavy atom. The predicted molar refractivity (Wildman–Crippen MR) is 74.1 cm³/mol. The molecule has 0 saturated carbocycles. The van der Waals surface area contributed by atoms with Gasteiger partial charge in [0, 0.05) is 17.6 Å². The van der Waals surface area contributed by atoms with E-state index in [-0.39, 0.29) is 0 Å². The van der Waals surface area contributed by atoms with E-state index in [0.29, 0.717) is 5.92 Å². The first-order valence-electron chi connectivity index (χ1n) is 5.86. The van der Waals surface area contributed by atoms with Gasteiger partial charge in [0.15, 0.2) is 0 Å². The minimum atomic E-state index is 0.542. The minimum absolute atomic E-state index is 0.542. The molecule has 0 aliphatic carbocycles. The SMILES string of the molecule is COc1cc(Cl)c(C)cc1NCC(C)CCN. The Morgan fingerprint density at radius 2 is 2.18 bits per heavy atom. The molecule has 0 radical (unpaired) electrons. The maximum atomic E-state index is 6.05. The average Bonchev–Trinajstić information content (AvgIpc) is 2.30. The van der Waals surface area contributed by atoms with Crippen LogP contribution in [0.4, 0.5) is 5.69 Å². The lowest BCUT2D eigenvalue weighted by Crippen LogP contribution is -2.15. The zero-order valence-corrected chi connectivity index (χ0v) is 11.5. The number of nitrogens with one attached hydrogen (secondary N) is 1. The molecule has 0 spiro atoms. The van der Waals surface area contributed by atoms with Crippen molar-refractivity contribution in [3.63, 3.8) is 0 Å². The fourth-order valence-corrected chi connectivity index (χ4v) is 1.79. The van der Waals surface area contributed by atoms with E-state index in [2.05, 4.69) is 12.2 Å². The quantitative estimate of drug-likeness (QED) is 0.822. The van der Waals surface area contributed by atoms with Gasteiger partial charge in [-0.15, -0.1) is 0 Å². The first-order chi connectivity index (χ1) is 8.08. The van der Waals surface area contributed by atoms with E-state index in [4.69, 9.17) is 22.1 Å². The number of anilines is 1. The molecule has 0 amide bonds. The van der Waals surface area contributed by atoms with Crippen molar-refractivity contribution in [3.05, 3.63) is 22.7 Å². The van der Waals surface area contributed by atoms with Gasteiger partial charge in [0.05, 0.1) is 12.8 Å². The number of benzene rings is 1. The molecular formula is C13H21ClN2O. The molecule has 1 unspecified atom stereocenters. The monoisotopic (exact) mass is 256 g/mol. The molecule has 1 rings (SSSR count). The summed E-state index contributed by atoms with van der Waals surface area (Å²) in [7, 11) is 1.65. The highest BCUT2D eigenvalue weighted by molar-refractivity contribution is 6.31. The third-order valence-corrected chi connectivity index (χ3v) is 3.19. The molecule has 3 N–H and O–H groups in total. The van der Waals surface area contributed by atoms with Gasteiger partial charge in [-0.25, -0.2) is 0 Å². The first-order valence-corrected chi connectivity index (χ1v) is 6.24. The molecule has 0 bridgehead atoms. The highest BCUT2D eigenvalue weighted by Gasteiger charge is 2.08. The zero-order valence-electron chi connectivity index (χ0n) is 10.7. The molecule has 17 heavy (non-hydrogen) atoms. The summed E-state index contributed by atoms with van der Waals surface area (Å²) in [4.78, 5) is 0. The number of aryl methyl sites for hydroxylation is 1. The molecule has 96 valence electrons. The molecule has 1 aromatic carbocycles. The van der Waals surface area contributed by atoms with Crippen LogP contribution in [0.25, 0.3) is 0 Å². The summed E-state index contributed by atoms with van der Waals surface area (Å²) in [5.41, 5.74) is 7.56. The van der Waals surface area contributed by atoms with Crippen molar-refractivity contribution in [2.75, 3.05) is 25.5 Å². The lowest BCUT2D eigenvalue weighted by atomic mass is 10.1. The molecular weight excluding hydrogens is 236 g/mol. The third kappa shape index (κ3) is 4.10. The Balaban J connectivity index is 2.72. The number of rotatable bonds is 6. The summed E-state index contributed by atoms with van der Waals surface area (Å²) in [6.07, 6.45) is 1.02. The highest BCUT2D eigenvalue weighted by atomic mass is 35.5. The Bertz CT molecular complexity index is 369. The maximum absolute atomic E-state index is 6.05.